The lowest BCUT2D eigenvalue weighted by Gasteiger charge is -2.43. The predicted octanol–water partition coefficient (Wildman–Crippen LogP) is 3.38. The molecule has 2 rings (SSSR count). The molecule has 28 heavy (non-hydrogen) atoms. The summed E-state index contributed by atoms with van der Waals surface area (Å²) in [6, 6.07) is 22.2. The highest BCUT2D eigenvalue weighted by molar-refractivity contribution is 6.99. The van der Waals surface area contributed by atoms with Crippen molar-refractivity contribution >= 4 is 25.1 Å². The summed E-state index contributed by atoms with van der Waals surface area (Å²) in [5.41, 5.74) is 0. The van der Waals surface area contributed by atoms with Crippen molar-refractivity contribution in [2.24, 2.45) is 4.99 Å². The number of ether oxygens (including phenoxy) is 1. The van der Waals surface area contributed by atoms with Crippen LogP contribution in [-0.2, 0) is 9.16 Å². The molecule has 0 bridgehead atoms. The van der Waals surface area contributed by atoms with Crippen molar-refractivity contribution in [3.05, 3.63) is 72.1 Å². The van der Waals surface area contributed by atoms with E-state index in [-0.39, 0.29) is 5.04 Å². The van der Waals surface area contributed by atoms with Gasteiger partial charge in [-0.3, -0.25) is 4.85 Å². The highest BCUT2D eigenvalue weighted by atomic mass is 28.4. The average Bonchev–Trinajstić information content (AvgIpc) is 2.71. The summed E-state index contributed by atoms with van der Waals surface area (Å²) in [7, 11) is -1.48. The molecule has 0 amide bonds. The third-order valence-electron chi connectivity index (χ3n) is 4.57. The summed E-state index contributed by atoms with van der Waals surface area (Å²) in [6.45, 7) is 13.9. The van der Waals surface area contributed by atoms with Crippen LogP contribution in [0.4, 0.5) is 0 Å². The molecule has 0 saturated heterocycles. The Balaban J connectivity index is 2.69. The Morgan fingerprint density at radius 3 is 1.93 bits per heavy atom. The number of methoxy groups -OCH3 is 1. The number of hydrogen-bond acceptors (Lipinski definition) is 4. The van der Waals surface area contributed by atoms with E-state index in [4.69, 9.17) is 15.7 Å². The first-order valence-electron chi connectivity index (χ1n) is 9.00. The summed E-state index contributed by atoms with van der Waals surface area (Å²) in [6.07, 6.45) is -0.830. The van der Waals surface area contributed by atoms with E-state index in [1.165, 1.54) is 13.5 Å². The van der Waals surface area contributed by atoms with E-state index in [0.29, 0.717) is 0 Å². The minimum Gasteiger partial charge on any atom is -0.486 e. The van der Waals surface area contributed by atoms with Gasteiger partial charge in [-0.25, -0.2) is 6.57 Å². The minimum atomic E-state index is -2.93. The molecule has 0 saturated carbocycles. The van der Waals surface area contributed by atoms with Crippen LogP contribution in [0.1, 0.15) is 20.8 Å². The number of hydrogen-bond donors (Lipinski definition) is 0. The molecule has 6 heteroatoms. The van der Waals surface area contributed by atoms with Gasteiger partial charge in [0.2, 0.25) is 6.10 Å². The van der Waals surface area contributed by atoms with E-state index in [9.17, 15) is 5.26 Å². The highest BCUT2D eigenvalue weighted by Crippen LogP contribution is 2.38. The lowest BCUT2D eigenvalue weighted by Crippen LogP contribution is -2.68. The fraction of sp³-hybridized carbons (Fsp3) is 0.318. The van der Waals surface area contributed by atoms with Crippen LogP contribution < -0.4 is 10.4 Å². The smallest absolute Gasteiger partial charge is 0.356 e. The van der Waals surface area contributed by atoms with E-state index in [0.717, 1.165) is 10.4 Å². The topological polar surface area (TPSA) is 59.0 Å². The predicted molar refractivity (Wildman–Crippen MR) is 114 cm³/mol. The molecule has 1 unspecified atom stereocenters. The molecular formula is C22H25N3O2Si. The summed E-state index contributed by atoms with van der Waals surface area (Å²) in [5, 5.41) is 11.6. The Kier molecular flexibility index (Phi) is 7.11. The maximum Gasteiger partial charge on any atom is 0.356 e. The summed E-state index contributed by atoms with van der Waals surface area (Å²) >= 11 is 0. The van der Waals surface area contributed by atoms with Crippen LogP contribution in [0.2, 0.25) is 5.04 Å². The fourth-order valence-corrected chi connectivity index (χ4v) is 7.91. The molecule has 0 heterocycles. The average molecular weight is 392 g/mol. The van der Waals surface area contributed by atoms with E-state index in [2.05, 4.69) is 36.7 Å². The van der Waals surface area contributed by atoms with Crippen LogP contribution >= 0.6 is 0 Å². The van der Waals surface area contributed by atoms with E-state index in [1.54, 1.807) is 0 Å². The van der Waals surface area contributed by atoms with E-state index < -0.39 is 20.6 Å². The molecule has 0 radical (unpaired) electrons. The zero-order valence-corrected chi connectivity index (χ0v) is 17.7. The largest absolute Gasteiger partial charge is 0.486 e. The number of nitriles is 1. The Morgan fingerprint density at radius 2 is 1.57 bits per heavy atom. The number of benzene rings is 2. The zero-order valence-electron chi connectivity index (χ0n) is 16.7. The maximum atomic E-state index is 9.84. The van der Waals surface area contributed by atoms with Crippen molar-refractivity contribution in [3.8, 4) is 6.07 Å². The van der Waals surface area contributed by atoms with E-state index >= 15 is 0 Å². The normalized spacial score (nSPS) is 14.1. The Hall–Kier alpha value is -2.93. The van der Waals surface area contributed by atoms with Crippen LogP contribution in [-0.4, -0.2) is 34.1 Å². The van der Waals surface area contributed by atoms with Gasteiger partial charge in [0.25, 0.3) is 8.32 Å². The Bertz CT molecular complexity index is 825. The molecule has 0 fully saturated rings. The van der Waals surface area contributed by atoms with Crippen molar-refractivity contribution in [3.63, 3.8) is 0 Å². The monoisotopic (exact) mass is 391 g/mol. The molecule has 2 aromatic rings. The first-order valence-corrected chi connectivity index (χ1v) is 10.9. The van der Waals surface area contributed by atoms with Gasteiger partial charge < -0.3 is 9.16 Å². The SMILES string of the molecule is [C-]#[N+]C(N=COC)[C@@H](C#N)O[Si](c1ccccc1)(c1ccccc1)C(C)(C)C. The van der Waals surface area contributed by atoms with Crippen molar-refractivity contribution < 1.29 is 9.16 Å². The maximum absolute atomic E-state index is 9.84. The summed E-state index contributed by atoms with van der Waals surface area (Å²) in [4.78, 5) is 7.56. The Labute approximate surface area is 168 Å². The summed E-state index contributed by atoms with van der Waals surface area (Å²) < 4.78 is 11.5. The quantitative estimate of drug-likeness (QED) is 0.315. The van der Waals surface area contributed by atoms with Gasteiger partial charge in [-0.05, 0) is 15.4 Å². The van der Waals surface area contributed by atoms with Crippen molar-refractivity contribution in [2.75, 3.05) is 7.11 Å². The van der Waals surface area contributed by atoms with Crippen LogP contribution in [0.3, 0.4) is 0 Å². The first kappa shape index (κ1) is 21.4. The summed E-state index contributed by atoms with van der Waals surface area (Å²) in [5.74, 6) is 0. The van der Waals surface area contributed by atoms with Gasteiger partial charge >= 0.3 is 6.17 Å². The third kappa shape index (κ3) is 4.31. The third-order valence-corrected chi connectivity index (χ3v) is 9.58. The van der Waals surface area contributed by atoms with Gasteiger partial charge in [0.15, 0.2) is 6.40 Å². The van der Waals surface area contributed by atoms with Crippen molar-refractivity contribution in [1.29, 1.82) is 5.26 Å². The molecule has 0 aliphatic rings. The molecule has 0 N–H and O–H groups in total. The zero-order chi connectivity index (χ0) is 20.6. The second-order valence-electron chi connectivity index (χ2n) is 7.36. The molecular weight excluding hydrogens is 366 g/mol. The van der Waals surface area contributed by atoms with Gasteiger partial charge in [0.05, 0.1) is 7.11 Å². The molecule has 144 valence electrons. The lowest BCUT2D eigenvalue weighted by molar-refractivity contribution is 0.224. The lowest BCUT2D eigenvalue weighted by atomic mass is 10.2. The molecule has 0 aliphatic carbocycles. The van der Waals surface area contributed by atoms with Crippen molar-refractivity contribution in [1.82, 2.24) is 0 Å². The van der Waals surface area contributed by atoms with Crippen LogP contribution in [0.5, 0.6) is 0 Å². The standard InChI is InChI=1S/C22H25N3O2Si/c1-22(2,3)28(18-12-8-6-9-13-18,19-14-10-7-11-15-19)27-20(16-23)21(24-4)25-17-26-5/h6-15,17,20-21H,1-3,5H3/t20-,21?/m1/s1. The van der Waals surface area contributed by atoms with Crippen molar-refractivity contribution in [2.45, 2.75) is 38.1 Å². The van der Waals surface area contributed by atoms with E-state index in [1.807, 2.05) is 60.7 Å². The second kappa shape index (κ2) is 9.32. The first-order chi connectivity index (χ1) is 13.4. The second-order valence-corrected chi connectivity index (χ2v) is 11.6. The molecule has 0 spiro atoms. The van der Waals surface area contributed by atoms with Gasteiger partial charge in [0, 0.05) is 0 Å². The number of rotatable bonds is 7. The van der Waals surface area contributed by atoms with Crippen LogP contribution in [0, 0.1) is 17.9 Å². The fourth-order valence-electron chi connectivity index (χ4n) is 3.34. The molecule has 5 nitrogen and oxygen atoms in total. The van der Waals surface area contributed by atoms with Crippen LogP contribution in [0.15, 0.2) is 65.7 Å². The molecule has 0 aliphatic heterocycles. The molecule has 0 aromatic heterocycles. The molecule has 2 atom stereocenters. The minimum absolute atomic E-state index is 0.289. The Morgan fingerprint density at radius 1 is 1.07 bits per heavy atom. The van der Waals surface area contributed by atoms with Gasteiger partial charge in [-0.15, -0.1) is 0 Å². The number of aliphatic imine (C=N–C) groups is 1. The van der Waals surface area contributed by atoms with Gasteiger partial charge in [-0.2, -0.15) is 10.3 Å². The van der Waals surface area contributed by atoms with Crippen LogP contribution in [0.25, 0.3) is 4.85 Å². The highest BCUT2D eigenvalue weighted by Gasteiger charge is 2.53. The van der Waals surface area contributed by atoms with Gasteiger partial charge in [0.1, 0.15) is 6.07 Å². The molecule has 2 aromatic carbocycles. The number of nitrogens with zero attached hydrogens (tertiary/aromatic N) is 3. The van der Waals surface area contributed by atoms with Gasteiger partial charge in [-0.1, -0.05) is 81.4 Å².